The van der Waals surface area contributed by atoms with Crippen LogP contribution in [0.5, 0.6) is 0 Å². The number of nitrogens with zero attached hydrogens (tertiary/aromatic N) is 1. The van der Waals surface area contributed by atoms with Gasteiger partial charge in [0.2, 0.25) is 15.9 Å². The molecule has 2 fully saturated rings. The second-order valence-electron chi connectivity index (χ2n) is 7.24. The van der Waals surface area contributed by atoms with Crippen molar-refractivity contribution in [3.05, 3.63) is 28.2 Å². The molecule has 1 saturated carbocycles. The topological polar surface area (TPSA) is 66.5 Å². The van der Waals surface area contributed by atoms with Gasteiger partial charge in [-0.25, -0.2) is 13.1 Å². The van der Waals surface area contributed by atoms with Gasteiger partial charge in [-0.3, -0.25) is 4.79 Å². The summed E-state index contributed by atoms with van der Waals surface area (Å²) in [4.78, 5) is 14.3. The Morgan fingerprint density at radius 3 is 2.54 bits per heavy atom. The molecule has 5 nitrogen and oxygen atoms in total. The van der Waals surface area contributed by atoms with E-state index in [4.69, 9.17) is 23.2 Å². The van der Waals surface area contributed by atoms with Crippen molar-refractivity contribution in [2.45, 2.75) is 43.4 Å². The van der Waals surface area contributed by atoms with Gasteiger partial charge >= 0.3 is 0 Å². The van der Waals surface area contributed by atoms with Crippen molar-refractivity contribution in [3.63, 3.8) is 0 Å². The van der Waals surface area contributed by atoms with Crippen LogP contribution in [-0.2, 0) is 14.8 Å². The molecule has 0 aromatic heterocycles. The molecule has 3 rings (SSSR count). The Morgan fingerprint density at radius 1 is 1.08 bits per heavy atom. The summed E-state index contributed by atoms with van der Waals surface area (Å²) in [5.41, 5.74) is 0. The van der Waals surface area contributed by atoms with Gasteiger partial charge in [0.05, 0.1) is 14.9 Å². The molecule has 0 bridgehead atoms. The van der Waals surface area contributed by atoms with Gasteiger partial charge < -0.3 is 4.90 Å². The number of carbonyl (C=O) groups is 1. The Hall–Kier alpha value is -0.820. The Bertz CT molecular complexity index is 766. The van der Waals surface area contributed by atoms with Gasteiger partial charge in [-0.1, -0.05) is 23.2 Å². The minimum atomic E-state index is -3.61. The second kappa shape index (κ2) is 8.46. The fourth-order valence-electron chi connectivity index (χ4n) is 3.31. The Morgan fingerprint density at radius 2 is 1.85 bits per heavy atom. The van der Waals surface area contributed by atoms with Gasteiger partial charge in [0.25, 0.3) is 0 Å². The van der Waals surface area contributed by atoms with E-state index in [2.05, 4.69) is 4.72 Å². The fourth-order valence-corrected chi connectivity index (χ4v) is 4.75. The molecule has 1 amide bonds. The van der Waals surface area contributed by atoms with Crippen molar-refractivity contribution >= 4 is 39.1 Å². The van der Waals surface area contributed by atoms with Crippen LogP contribution >= 0.6 is 23.2 Å². The molecule has 0 radical (unpaired) electrons. The van der Waals surface area contributed by atoms with E-state index in [1.165, 1.54) is 31.0 Å². The highest BCUT2D eigenvalue weighted by molar-refractivity contribution is 7.89. The van der Waals surface area contributed by atoms with Crippen molar-refractivity contribution in [1.29, 1.82) is 0 Å². The number of hydrogen-bond acceptors (Lipinski definition) is 3. The van der Waals surface area contributed by atoms with E-state index in [1.807, 2.05) is 4.90 Å². The molecule has 144 valence electrons. The van der Waals surface area contributed by atoms with Crippen molar-refractivity contribution in [2.75, 3.05) is 19.6 Å². The predicted molar refractivity (Wildman–Crippen MR) is 103 cm³/mol. The van der Waals surface area contributed by atoms with Crippen LogP contribution in [0, 0.1) is 11.8 Å². The van der Waals surface area contributed by atoms with Crippen LogP contribution in [0.3, 0.4) is 0 Å². The number of hydrogen-bond donors (Lipinski definition) is 1. The Balaban J connectivity index is 1.49. The molecule has 2 aliphatic rings. The molecular weight excluding hydrogens is 395 g/mol. The van der Waals surface area contributed by atoms with Crippen LogP contribution < -0.4 is 4.72 Å². The summed E-state index contributed by atoms with van der Waals surface area (Å²) in [6, 6.07) is 4.27. The van der Waals surface area contributed by atoms with E-state index in [9.17, 15) is 13.2 Å². The molecular formula is C18H24Cl2N2O3S. The second-order valence-corrected chi connectivity index (χ2v) is 9.82. The Labute approximate surface area is 165 Å². The van der Waals surface area contributed by atoms with Crippen LogP contribution in [0.4, 0.5) is 0 Å². The molecule has 1 N–H and O–H groups in total. The molecule has 1 atom stereocenters. The average Bonchev–Trinajstić information content (AvgIpc) is 3.42. The summed E-state index contributed by atoms with van der Waals surface area (Å²) in [6.45, 7) is 2.04. The molecule has 1 unspecified atom stereocenters. The first-order valence-electron chi connectivity index (χ1n) is 9.07. The lowest BCUT2D eigenvalue weighted by atomic mass is 9.97. The van der Waals surface area contributed by atoms with Crippen LogP contribution in [0.15, 0.2) is 23.1 Å². The van der Waals surface area contributed by atoms with Crippen molar-refractivity contribution < 1.29 is 13.2 Å². The smallest absolute Gasteiger partial charge is 0.240 e. The van der Waals surface area contributed by atoms with Crippen molar-refractivity contribution in [1.82, 2.24) is 9.62 Å². The normalized spacial score (nSPS) is 21.7. The molecule has 1 aromatic carbocycles. The lowest BCUT2D eigenvalue weighted by Crippen LogP contribution is -2.32. The first kappa shape index (κ1) is 19.9. The van der Waals surface area contributed by atoms with Crippen molar-refractivity contribution in [3.8, 4) is 0 Å². The number of amides is 1. The average molecular weight is 419 g/mol. The highest BCUT2D eigenvalue weighted by Crippen LogP contribution is 2.31. The monoisotopic (exact) mass is 418 g/mol. The molecule has 8 heteroatoms. The van der Waals surface area contributed by atoms with Gasteiger partial charge in [0.15, 0.2) is 0 Å². The number of carbonyl (C=O) groups excluding carboxylic acids is 1. The van der Waals surface area contributed by atoms with Crippen LogP contribution in [0.2, 0.25) is 10.0 Å². The number of sulfonamides is 1. The van der Waals surface area contributed by atoms with Crippen molar-refractivity contribution in [2.24, 2.45) is 11.8 Å². The standard InChI is InChI=1S/C18H24Cl2N2O3S/c19-16-5-4-15(11-17(16)20)26(24,25)21-9-7-13-3-6-18(23)22(10-8-13)12-14-1-2-14/h4-5,11,13-14,21H,1-3,6-10,12H2. The molecule has 1 saturated heterocycles. The third-order valence-electron chi connectivity index (χ3n) is 5.15. The third kappa shape index (κ3) is 5.35. The molecule has 1 aliphatic heterocycles. The van der Waals surface area contributed by atoms with E-state index in [-0.39, 0.29) is 15.8 Å². The summed E-state index contributed by atoms with van der Waals surface area (Å²) in [5, 5.41) is 0.539. The molecule has 26 heavy (non-hydrogen) atoms. The largest absolute Gasteiger partial charge is 0.342 e. The molecule has 1 aliphatic carbocycles. The van der Waals surface area contributed by atoms with E-state index in [0.717, 1.165) is 32.4 Å². The zero-order chi connectivity index (χ0) is 18.7. The summed E-state index contributed by atoms with van der Waals surface area (Å²) < 4.78 is 27.4. The number of rotatable bonds is 7. The maximum atomic E-state index is 12.4. The van der Waals surface area contributed by atoms with Crippen LogP contribution in [0.25, 0.3) is 0 Å². The predicted octanol–water partition coefficient (Wildman–Crippen LogP) is 3.70. The van der Waals surface area contributed by atoms with E-state index in [1.54, 1.807) is 0 Å². The minimum Gasteiger partial charge on any atom is -0.342 e. The molecule has 1 heterocycles. The highest BCUT2D eigenvalue weighted by Gasteiger charge is 2.29. The van der Waals surface area contributed by atoms with E-state index >= 15 is 0 Å². The highest BCUT2D eigenvalue weighted by atomic mass is 35.5. The molecule has 1 aromatic rings. The zero-order valence-electron chi connectivity index (χ0n) is 14.6. The molecule has 0 spiro atoms. The number of likely N-dealkylation sites (tertiary alicyclic amines) is 1. The first-order chi connectivity index (χ1) is 12.3. The number of halogens is 2. The summed E-state index contributed by atoms with van der Waals surface area (Å²) in [7, 11) is -3.61. The van der Waals surface area contributed by atoms with Gasteiger partial charge in [-0.2, -0.15) is 0 Å². The lowest BCUT2D eigenvalue weighted by Gasteiger charge is -2.20. The van der Waals surface area contributed by atoms with Crippen LogP contribution in [-0.4, -0.2) is 38.9 Å². The first-order valence-corrected chi connectivity index (χ1v) is 11.3. The SMILES string of the molecule is O=C1CCC(CCNS(=O)(=O)c2ccc(Cl)c(Cl)c2)CCN1CC1CC1. The Kier molecular flexibility index (Phi) is 6.49. The number of benzene rings is 1. The van der Waals surface area contributed by atoms with Gasteiger partial charge in [-0.15, -0.1) is 0 Å². The van der Waals surface area contributed by atoms with Crippen LogP contribution in [0.1, 0.15) is 38.5 Å². The third-order valence-corrected chi connectivity index (χ3v) is 7.35. The summed E-state index contributed by atoms with van der Waals surface area (Å²) in [5.74, 6) is 1.31. The van der Waals surface area contributed by atoms with Gasteiger partial charge in [0, 0.05) is 26.1 Å². The fraction of sp³-hybridized carbons (Fsp3) is 0.611. The minimum absolute atomic E-state index is 0.110. The number of nitrogens with one attached hydrogen (secondary N) is 1. The zero-order valence-corrected chi connectivity index (χ0v) is 16.9. The summed E-state index contributed by atoms with van der Waals surface area (Å²) >= 11 is 11.7. The van der Waals surface area contributed by atoms with E-state index < -0.39 is 10.0 Å². The van der Waals surface area contributed by atoms with Gasteiger partial charge in [-0.05, 0) is 62.1 Å². The maximum Gasteiger partial charge on any atom is 0.240 e. The lowest BCUT2D eigenvalue weighted by molar-refractivity contribution is -0.130. The van der Waals surface area contributed by atoms with Gasteiger partial charge in [0.1, 0.15) is 0 Å². The summed E-state index contributed by atoms with van der Waals surface area (Å²) in [6.07, 6.45) is 5.54. The van der Waals surface area contributed by atoms with E-state index in [0.29, 0.717) is 29.8 Å². The quantitative estimate of drug-likeness (QED) is 0.733. The maximum absolute atomic E-state index is 12.4.